The maximum atomic E-state index is 6.18. The molecule has 2 aromatic carbocycles. The Morgan fingerprint density at radius 1 is 0.920 bits per heavy atom. The van der Waals surface area contributed by atoms with Crippen molar-refractivity contribution in [3.05, 3.63) is 71.8 Å². The summed E-state index contributed by atoms with van der Waals surface area (Å²) in [5, 5.41) is 4.68. The summed E-state index contributed by atoms with van der Waals surface area (Å²) < 4.78 is 0. The Bertz CT molecular complexity index is 603. The summed E-state index contributed by atoms with van der Waals surface area (Å²) in [6.45, 7) is 2.23. The molecule has 0 aliphatic heterocycles. The molecule has 2 aromatic rings. The maximum Gasteiger partial charge on any atom is 0.130 e. The van der Waals surface area contributed by atoms with E-state index in [9.17, 15) is 0 Å². The van der Waals surface area contributed by atoms with Gasteiger partial charge in [0.05, 0.1) is 0 Å². The topological polar surface area (TPSA) is 21.6 Å². The molecule has 132 valence electrons. The molecule has 1 aliphatic rings. The molecule has 1 unspecified atom stereocenters. The second-order valence-electron chi connectivity index (χ2n) is 7.00. The van der Waals surface area contributed by atoms with Gasteiger partial charge in [0.15, 0.2) is 0 Å². The highest BCUT2D eigenvalue weighted by atomic mass is 16.6. The zero-order chi connectivity index (χ0) is 17.3. The van der Waals surface area contributed by atoms with Crippen molar-refractivity contribution in [3.63, 3.8) is 0 Å². The molecule has 0 radical (unpaired) electrons. The maximum absolute atomic E-state index is 6.18. The van der Waals surface area contributed by atoms with Crippen LogP contribution in [0.25, 0.3) is 0 Å². The molecule has 0 amide bonds. The first-order valence-corrected chi connectivity index (χ1v) is 9.73. The SMILES string of the molecule is CCCC(ON=C(c1ccccc1)c1ccccc1)C1CCCCC1. The van der Waals surface area contributed by atoms with Gasteiger partial charge in [0.1, 0.15) is 11.8 Å². The fourth-order valence-corrected chi connectivity index (χ4v) is 3.75. The van der Waals surface area contributed by atoms with Gasteiger partial charge in [-0.25, -0.2) is 0 Å². The van der Waals surface area contributed by atoms with Crippen LogP contribution in [0.3, 0.4) is 0 Å². The number of oxime groups is 1. The van der Waals surface area contributed by atoms with E-state index in [1.165, 1.54) is 32.1 Å². The van der Waals surface area contributed by atoms with Crippen molar-refractivity contribution in [3.8, 4) is 0 Å². The first-order valence-electron chi connectivity index (χ1n) is 9.73. The van der Waals surface area contributed by atoms with Crippen LogP contribution in [0.2, 0.25) is 0 Å². The summed E-state index contributed by atoms with van der Waals surface area (Å²) in [5.41, 5.74) is 3.14. The van der Waals surface area contributed by atoms with Crippen LogP contribution in [0.1, 0.15) is 63.0 Å². The number of benzene rings is 2. The molecule has 1 aliphatic carbocycles. The summed E-state index contributed by atoms with van der Waals surface area (Å²) in [6, 6.07) is 20.7. The van der Waals surface area contributed by atoms with Gasteiger partial charge in [0.25, 0.3) is 0 Å². The van der Waals surface area contributed by atoms with Crippen molar-refractivity contribution < 1.29 is 4.84 Å². The molecule has 0 spiro atoms. The van der Waals surface area contributed by atoms with E-state index in [1.807, 2.05) is 12.1 Å². The van der Waals surface area contributed by atoms with E-state index in [2.05, 4.69) is 60.6 Å². The average molecular weight is 335 g/mol. The van der Waals surface area contributed by atoms with Gasteiger partial charge in [0, 0.05) is 11.1 Å². The van der Waals surface area contributed by atoms with Crippen molar-refractivity contribution in [2.45, 2.75) is 58.0 Å². The molecular weight excluding hydrogens is 306 g/mol. The highest BCUT2D eigenvalue weighted by molar-refractivity contribution is 6.12. The standard InChI is InChI=1S/C23H29NO/c1-2-12-22(19-13-6-3-7-14-19)25-24-23(20-15-8-4-9-16-20)21-17-10-5-11-18-21/h4-5,8-11,15-19,22H,2-3,6-7,12-14H2,1H3. The Morgan fingerprint density at radius 2 is 1.48 bits per heavy atom. The van der Waals surface area contributed by atoms with E-state index in [-0.39, 0.29) is 6.10 Å². The lowest BCUT2D eigenvalue weighted by Gasteiger charge is -2.28. The second kappa shape index (κ2) is 9.41. The van der Waals surface area contributed by atoms with Gasteiger partial charge in [0.2, 0.25) is 0 Å². The van der Waals surface area contributed by atoms with Crippen molar-refractivity contribution in [2.75, 3.05) is 0 Å². The summed E-state index contributed by atoms with van der Waals surface area (Å²) in [7, 11) is 0. The Kier molecular flexibility index (Phi) is 6.67. The third kappa shape index (κ3) is 4.94. The Hall–Kier alpha value is -2.09. The van der Waals surface area contributed by atoms with Crippen molar-refractivity contribution in [1.29, 1.82) is 0 Å². The summed E-state index contributed by atoms with van der Waals surface area (Å²) >= 11 is 0. The van der Waals surface area contributed by atoms with Gasteiger partial charge in [-0.3, -0.25) is 0 Å². The fourth-order valence-electron chi connectivity index (χ4n) is 3.75. The minimum atomic E-state index is 0.243. The number of nitrogens with zero attached hydrogens (tertiary/aromatic N) is 1. The number of rotatable bonds is 7. The van der Waals surface area contributed by atoms with E-state index < -0.39 is 0 Å². The monoisotopic (exact) mass is 335 g/mol. The van der Waals surface area contributed by atoms with Crippen LogP contribution >= 0.6 is 0 Å². The van der Waals surface area contributed by atoms with E-state index in [1.54, 1.807) is 0 Å². The second-order valence-corrected chi connectivity index (χ2v) is 7.00. The Balaban J connectivity index is 1.84. The fraction of sp³-hybridized carbons (Fsp3) is 0.435. The van der Waals surface area contributed by atoms with Crippen LogP contribution in [-0.4, -0.2) is 11.8 Å². The summed E-state index contributed by atoms with van der Waals surface area (Å²) in [4.78, 5) is 6.18. The molecular formula is C23H29NO. The molecule has 3 rings (SSSR count). The third-order valence-electron chi connectivity index (χ3n) is 5.12. The van der Waals surface area contributed by atoms with Crippen molar-refractivity contribution >= 4 is 5.71 Å². The van der Waals surface area contributed by atoms with Crippen LogP contribution in [0, 0.1) is 5.92 Å². The molecule has 1 saturated carbocycles. The molecule has 2 heteroatoms. The van der Waals surface area contributed by atoms with Crippen LogP contribution in [0.5, 0.6) is 0 Å². The van der Waals surface area contributed by atoms with Gasteiger partial charge in [-0.2, -0.15) is 0 Å². The van der Waals surface area contributed by atoms with Gasteiger partial charge in [-0.05, 0) is 25.2 Å². The molecule has 25 heavy (non-hydrogen) atoms. The van der Waals surface area contributed by atoms with Crippen LogP contribution in [-0.2, 0) is 4.84 Å². The largest absolute Gasteiger partial charge is 0.392 e. The molecule has 0 bridgehead atoms. The normalized spacial score (nSPS) is 16.2. The Labute approximate surface area is 151 Å². The van der Waals surface area contributed by atoms with Gasteiger partial charge in [-0.15, -0.1) is 0 Å². The molecule has 0 heterocycles. The first-order chi connectivity index (χ1) is 12.4. The van der Waals surface area contributed by atoms with E-state index in [0.717, 1.165) is 29.7 Å². The highest BCUT2D eigenvalue weighted by Crippen LogP contribution is 2.30. The first kappa shape index (κ1) is 17.7. The van der Waals surface area contributed by atoms with E-state index in [0.29, 0.717) is 5.92 Å². The quantitative estimate of drug-likeness (QED) is 0.436. The number of hydrogen-bond acceptors (Lipinski definition) is 2. The minimum absolute atomic E-state index is 0.243. The van der Waals surface area contributed by atoms with Gasteiger partial charge in [-0.1, -0.05) is 98.4 Å². The molecule has 2 nitrogen and oxygen atoms in total. The molecule has 0 N–H and O–H groups in total. The highest BCUT2D eigenvalue weighted by Gasteiger charge is 2.25. The predicted octanol–water partition coefficient (Wildman–Crippen LogP) is 6.20. The molecule has 1 fully saturated rings. The zero-order valence-corrected chi connectivity index (χ0v) is 15.2. The number of hydrogen-bond donors (Lipinski definition) is 0. The molecule has 1 atom stereocenters. The smallest absolute Gasteiger partial charge is 0.130 e. The van der Waals surface area contributed by atoms with Crippen molar-refractivity contribution in [1.82, 2.24) is 0 Å². The summed E-state index contributed by atoms with van der Waals surface area (Å²) in [6.07, 6.45) is 9.08. The van der Waals surface area contributed by atoms with E-state index in [4.69, 9.17) is 4.84 Å². The van der Waals surface area contributed by atoms with E-state index >= 15 is 0 Å². The third-order valence-corrected chi connectivity index (χ3v) is 5.12. The lowest BCUT2D eigenvalue weighted by Crippen LogP contribution is -2.25. The predicted molar refractivity (Wildman–Crippen MR) is 105 cm³/mol. The van der Waals surface area contributed by atoms with Crippen molar-refractivity contribution in [2.24, 2.45) is 11.1 Å². The lowest BCUT2D eigenvalue weighted by atomic mass is 9.84. The zero-order valence-electron chi connectivity index (χ0n) is 15.2. The Morgan fingerprint density at radius 3 is 2.00 bits per heavy atom. The van der Waals surface area contributed by atoms with Gasteiger partial charge < -0.3 is 4.84 Å². The molecule has 0 saturated heterocycles. The minimum Gasteiger partial charge on any atom is -0.392 e. The molecule has 0 aromatic heterocycles. The van der Waals surface area contributed by atoms with Crippen LogP contribution < -0.4 is 0 Å². The van der Waals surface area contributed by atoms with Gasteiger partial charge >= 0.3 is 0 Å². The average Bonchev–Trinajstić information content (AvgIpc) is 2.70. The van der Waals surface area contributed by atoms with Crippen LogP contribution in [0.4, 0.5) is 0 Å². The summed E-state index contributed by atoms with van der Waals surface area (Å²) in [5.74, 6) is 0.658. The lowest BCUT2D eigenvalue weighted by molar-refractivity contribution is -0.00186. The van der Waals surface area contributed by atoms with Crippen LogP contribution in [0.15, 0.2) is 65.8 Å².